The number of carbonyl (C=O) groups is 2. The van der Waals surface area contributed by atoms with Crippen LogP contribution in [0.2, 0.25) is 0 Å². The van der Waals surface area contributed by atoms with Crippen LogP contribution < -0.4 is 0 Å². The molecule has 0 spiro atoms. The number of halogens is 3. The number of carbonyl (C=O) groups excluding carboxylic acids is 2. The number of hydrogen-bond acceptors (Lipinski definition) is 3. The predicted molar refractivity (Wildman–Crippen MR) is 97.2 cm³/mol. The summed E-state index contributed by atoms with van der Waals surface area (Å²) in [5, 5.41) is 0. The Hall–Kier alpha value is -1.17. The summed E-state index contributed by atoms with van der Waals surface area (Å²) in [6.07, 6.45) is 1.10. The van der Waals surface area contributed by atoms with Crippen molar-refractivity contribution in [2.45, 2.75) is 78.2 Å². The lowest BCUT2D eigenvalue weighted by Crippen LogP contribution is -2.51. The number of alkyl halides is 3. The molecular weight excluding hydrogens is 369 g/mol. The van der Waals surface area contributed by atoms with Gasteiger partial charge >= 0.3 is 6.36 Å². The maximum Gasteiger partial charge on any atom is 0.522 e. The summed E-state index contributed by atoms with van der Waals surface area (Å²) in [4.78, 5) is 24.3. The van der Waals surface area contributed by atoms with E-state index >= 15 is 0 Å². The summed E-state index contributed by atoms with van der Waals surface area (Å²) in [5.41, 5.74) is 0.760. The molecule has 3 nitrogen and oxygen atoms in total. The van der Waals surface area contributed by atoms with Gasteiger partial charge in [0.2, 0.25) is 0 Å². The Morgan fingerprint density at radius 1 is 1.14 bits per heavy atom. The largest absolute Gasteiger partial charge is 0.522 e. The summed E-state index contributed by atoms with van der Waals surface area (Å²) in [7, 11) is 0. The van der Waals surface area contributed by atoms with E-state index in [0.29, 0.717) is 18.8 Å². The second-order valence-electron chi connectivity index (χ2n) is 9.94. The van der Waals surface area contributed by atoms with Gasteiger partial charge in [-0.1, -0.05) is 19.4 Å². The lowest BCUT2D eigenvalue weighted by molar-refractivity contribution is -0.346. The van der Waals surface area contributed by atoms with Crippen LogP contribution in [0, 0.1) is 34.5 Å². The molecule has 4 aliphatic carbocycles. The van der Waals surface area contributed by atoms with Crippen molar-refractivity contribution in [3.05, 3.63) is 11.6 Å². The second kappa shape index (κ2) is 6.41. The predicted octanol–water partition coefficient (Wildman–Crippen LogP) is 5.24. The van der Waals surface area contributed by atoms with E-state index in [1.165, 1.54) is 12.5 Å². The summed E-state index contributed by atoms with van der Waals surface area (Å²) in [5.74, 6) is 0.0289. The van der Waals surface area contributed by atoms with Gasteiger partial charge in [0, 0.05) is 12.3 Å². The van der Waals surface area contributed by atoms with Gasteiger partial charge in [-0.15, -0.1) is 13.2 Å². The topological polar surface area (TPSA) is 43.4 Å². The van der Waals surface area contributed by atoms with E-state index in [4.69, 9.17) is 0 Å². The molecule has 0 radical (unpaired) electrons. The zero-order valence-corrected chi connectivity index (χ0v) is 16.8. The van der Waals surface area contributed by atoms with Gasteiger partial charge in [0.25, 0.3) is 0 Å². The van der Waals surface area contributed by atoms with Crippen LogP contribution in [0.3, 0.4) is 0 Å². The van der Waals surface area contributed by atoms with Crippen LogP contribution in [0.25, 0.3) is 0 Å². The average molecular weight is 398 g/mol. The Morgan fingerprint density at radius 3 is 2.50 bits per heavy atom. The molecule has 0 bridgehead atoms. The SMILES string of the molecule is CC(=O)[C@H]1C(OC(F)(F)F)C[C@H]2[C@@H]3CCC4=CC(=O)CC[C@]4(C)[C@H]3CC[C@]12C. The first-order valence-electron chi connectivity index (χ1n) is 10.4. The molecule has 156 valence electrons. The van der Waals surface area contributed by atoms with Gasteiger partial charge in [0.15, 0.2) is 5.78 Å². The Morgan fingerprint density at radius 2 is 1.86 bits per heavy atom. The normalized spacial score (nSPS) is 45.7. The standard InChI is InChI=1S/C22H29F3O3/c1-12(26)19-18(28-22(23,24)25)11-17-15-5-4-13-10-14(27)6-8-20(13,2)16(15)7-9-21(17,19)3/h10,15-19H,4-9,11H2,1-3H3/t15-,16+,17+,18?,19+,20+,21+/m1/s1. The molecular formula is C22H29F3O3. The van der Waals surface area contributed by atoms with Gasteiger partial charge in [-0.3, -0.25) is 14.3 Å². The molecule has 0 amide bonds. The minimum Gasteiger partial charge on any atom is -0.300 e. The maximum absolute atomic E-state index is 13.0. The third-order valence-corrected chi connectivity index (χ3v) is 8.69. The van der Waals surface area contributed by atoms with E-state index in [1.54, 1.807) is 0 Å². The fourth-order valence-electron chi connectivity index (χ4n) is 7.56. The minimum atomic E-state index is -4.72. The molecule has 0 aromatic carbocycles. The van der Waals surface area contributed by atoms with E-state index in [1.807, 2.05) is 13.0 Å². The Balaban J connectivity index is 1.67. The molecule has 0 aromatic rings. The monoisotopic (exact) mass is 398 g/mol. The van der Waals surface area contributed by atoms with Crippen LogP contribution in [-0.2, 0) is 14.3 Å². The molecule has 0 aliphatic heterocycles. The average Bonchev–Trinajstić information content (AvgIpc) is 2.85. The highest BCUT2D eigenvalue weighted by Gasteiger charge is 2.63. The maximum atomic E-state index is 13.0. The van der Waals surface area contributed by atoms with Crippen LogP contribution in [0.4, 0.5) is 13.2 Å². The van der Waals surface area contributed by atoms with Crippen molar-refractivity contribution in [3.63, 3.8) is 0 Å². The van der Waals surface area contributed by atoms with Gasteiger partial charge in [-0.2, -0.15) is 0 Å². The number of Topliss-reactive ketones (excluding diaryl/α,β-unsaturated/α-hetero) is 1. The highest BCUT2D eigenvalue weighted by Crippen LogP contribution is 2.67. The summed E-state index contributed by atoms with van der Waals surface area (Å²) in [6.45, 7) is 5.66. The van der Waals surface area contributed by atoms with Crippen molar-refractivity contribution in [2.75, 3.05) is 0 Å². The summed E-state index contributed by atoms with van der Waals surface area (Å²) < 4.78 is 43.6. The smallest absolute Gasteiger partial charge is 0.300 e. The van der Waals surface area contributed by atoms with Gasteiger partial charge in [-0.25, -0.2) is 0 Å². The van der Waals surface area contributed by atoms with E-state index in [0.717, 1.165) is 32.1 Å². The second-order valence-corrected chi connectivity index (χ2v) is 9.94. The van der Waals surface area contributed by atoms with Crippen molar-refractivity contribution < 1.29 is 27.5 Å². The third-order valence-electron chi connectivity index (χ3n) is 8.69. The van der Waals surface area contributed by atoms with Gasteiger partial charge in [0.05, 0.1) is 6.10 Å². The number of fused-ring (bicyclic) bond motifs is 5. The van der Waals surface area contributed by atoms with Crippen LogP contribution in [-0.4, -0.2) is 24.0 Å². The molecule has 0 heterocycles. The molecule has 28 heavy (non-hydrogen) atoms. The first kappa shape index (κ1) is 20.1. The lowest BCUT2D eigenvalue weighted by atomic mass is 9.46. The molecule has 4 rings (SSSR count). The number of rotatable bonds is 2. The summed E-state index contributed by atoms with van der Waals surface area (Å²) >= 11 is 0. The van der Waals surface area contributed by atoms with E-state index in [-0.39, 0.29) is 28.8 Å². The number of ketones is 2. The molecule has 4 aliphatic rings. The van der Waals surface area contributed by atoms with Gasteiger partial charge in [-0.05, 0) is 80.1 Å². The molecule has 0 saturated heterocycles. The fourth-order valence-corrected chi connectivity index (χ4v) is 7.56. The summed E-state index contributed by atoms with van der Waals surface area (Å²) in [6, 6.07) is 0. The zero-order valence-electron chi connectivity index (χ0n) is 16.8. The molecule has 3 saturated carbocycles. The highest BCUT2D eigenvalue weighted by atomic mass is 19.4. The number of ether oxygens (including phenoxy) is 1. The van der Waals surface area contributed by atoms with Crippen LogP contribution in [0.1, 0.15) is 65.7 Å². The molecule has 0 N–H and O–H groups in total. The first-order valence-corrected chi connectivity index (χ1v) is 10.4. The fraction of sp³-hybridized carbons (Fsp3) is 0.818. The Labute approximate surface area is 164 Å². The third kappa shape index (κ3) is 2.98. The van der Waals surface area contributed by atoms with Crippen molar-refractivity contribution in [1.29, 1.82) is 0 Å². The number of allylic oxidation sites excluding steroid dienone is 1. The molecule has 7 atom stereocenters. The number of hydrogen-bond donors (Lipinski definition) is 0. The van der Waals surface area contributed by atoms with Crippen molar-refractivity contribution in [2.24, 2.45) is 34.5 Å². The Kier molecular flexibility index (Phi) is 4.61. The van der Waals surface area contributed by atoms with Crippen LogP contribution >= 0.6 is 0 Å². The van der Waals surface area contributed by atoms with E-state index < -0.39 is 23.8 Å². The van der Waals surface area contributed by atoms with Crippen molar-refractivity contribution >= 4 is 11.6 Å². The molecule has 0 aromatic heterocycles. The highest BCUT2D eigenvalue weighted by molar-refractivity contribution is 5.91. The van der Waals surface area contributed by atoms with Gasteiger partial charge in [0.1, 0.15) is 5.78 Å². The van der Waals surface area contributed by atoms with E-state index in [9.17, 15) is 22.8 Å². The van der Waals surface area contributed by atoms with Gasteiger partial charge < -0.3 is 0 Å². The van der Waals surface area contributed by atoms with Crippen molar-refractivity contribution in [1.82, 2.24) is 0 Å². The minimum absolute atomic E-state index is 0.0349. The van der Waals surface area contributed by atoms with E-state index in [2.05, 4.69) is 11.7 Å². The molecule has 6 heteroatoms. The molecule has 1 unspecified atom stereocenters. The lowest BCUT2D eigenvalue weighted by Gasteiger charge is -2.57. The van der Waals surface area contributed by atoms with Crippen LogP contribution in [0.5, 0.6) is 0 Å². The first-order chi connectivity index (χ1) is 13.0. The van der Waals surface area contributed by atoms with Crippen molar-refractivity contribution in [3.8, 4) is 0 Å². The zero-order chi connectivity index (χ0) is 20.5. The molecule has 3 fully saturated rings. The Bertz CT molecular complexity index is 727. The van der Waals surface area contributed by atoms with Crippen LogP contribution in [0.15, 0.2) is 11.6 Å². The quantitative estimate of drug-likeness (QED) is 0.639.